The lowest BCUT2D eigenvalue weighted by molar-refractivity contribution is -0.142. The molecule has 1 heterocycles. The predicted octanol–water partition coefficient (Wildman–Crippen LogP) is 0.909. The summed E-state index contributed by atoms with van der Waals surface area (Å²) >= 11 is 0. The quantitative estimate of drug-likeness (QED) is 0.291. The molecule has 1 saturated carbocycles. The Labute approximate surface area is 192 Å². The maximum absolute atomic E-state index is 12.8. The van der Waals surface area contributed by atoms with Crippen molar-refractivity contribution in [1.82, 2.24) is 21.3 Å². The third-order valence-electron chi connectivity index (χ3n) is 5.82. The summed E-state index contributed by atoms with van der Waals surface area (Å²) in [5, 5.41) is 20.5. The van der Waals surface area contributed by atoms with Crippen LogP contribution in [0.15, 0.2) is 30.3 Å². The zero-order valence-electron chi connectivity index (χ0n) is 18.5. The number of amides is 3. The summed E-state index contributed by atoms with van der Waals surface area (Å²) in [5.41, 5.74) is 0.863. The molecule has 10 heteroatoms. The van der Waals surface area contributed by atoms with Gasteiger partial charge in [0.05, 0.1) is 6.04 Å². The summed E-state index contributed by atoms with van der Waals surface area (Å²) < 4.78 is 5.11. The van der Waals surface area contributed by atoms with Crippen LogP contribution in [0.1, 0.15) is 44.1 Å². The topological polar surface area (TPSA) is 146 Å². The molecular formula is C23H32N4O6. The minimum absolute atomic E-state index is 0.0332. The molecule has 1 aromatic rings. The number of nitrogens with one attached hydrogen (secondary N) is 4. The molecule has 2 aliphatic rings. The fourth-order valence-electron chi connectivity index (χ4n) is 3.78. The molecule has 0 aromatic heterocycles. The lowest BCUT2D eigenvalue weighted by atomic mass is 10.1. The molecule has 0 spiro atoms. The first kappa shape index (κ1) is 24.5. The van der Waals surface area contributed by atoms with Crippen LogP contribution in [0, 0.1) is 5.92 Å². The first-order valence-electron chi connectivity index (χ1n) is 11.5. The summed E-state index contributed by atoms with van der Waals surface area (Å²) in [4.78, 5) is 48.6. The number of carboxylic acid groups (broad SMARTS) is 1. The predicted molar refractivity (Wildman–Crippen MR) is 119 cm³/mol. The van der Waals surface area contributed by atoms with Crippen molar-refractivity contribution in [1.29, 1.82) is 0 Å². The van der Waals surface area contributed by atoms with Crippen LogP contribution < -0.4 is 21.3 Å². The van der Waals surface area contributed by atoms with Gasteiger partial charge in [0.1, 0.15) is 18.7 Å². The Hall–Kier alpha value is -3.14. The van der Waals surface area contributed by atoms with Gasteiger partial charge in [-0.1, -0.05) is 30.3 Å². The van der Waals surface area contributed by atoms with E-state index in [0.717, 1.165) is 37.8 Å². The van der Waals surface area contributed by atoms with Crippen molar-refractivity contribution >= 4 is 23.9 Å². The smallest absolute Gasteiger partial charge is 0.407 e. The Morgan fingerprint density at radius 3 is 2.48 bits per heavy atom. The second-order valence-electron chi connectivity index (χ2n) is 8.50. The fourth-order valence-corrected chi connectivity index (χ4v) is 3.78. The molecule has 10 nitrogen and oxygen atoms in total. The van der Waals surface area contributed by atoms with Gasteiger partial charge in [-0.05, 0) is 56.6 Å². The summed E-state index contributed by atoms with van der Waals surface area (Å²) in [6.07, 6.45) is 3.16. The van der Waals surface area contributed by atoms with Crippen molar-refractivity contribution in [2.24, 2.45) is 5.92 Å². The second kappa shape index (κ2) is 12.2. The zero-order valence-corrected chi connectivity index (χ0v) is 18.5. The van der Waals surface area contributed by atoms with Crippen LogP contribution >= 0.6 is 0 Å². The van der Waals surface area contributed by atoms with Crippen molar-refractivity contribution in [3.8, 4) is 0 Å². The molecule has 0 unspecified atom stereocenters. The molecule has 180 valence electrons. The molecule has 3 rings (SSSR count). The van der Waals surface area contributed by atoms with Gasteiger partial charge in [-0.3, -0.25) is 9.59 Å². The standard InChI is InChI=1S/C23H32N4O6/c28-20(17-8-4-12-24-17)27-19(16-10-11-16)21(29)26-18(22(30)31)9-5-13-25-23(32)33-14-15-6-2-1-3-7-15/h1-3,6-7,16-19,24H,4-5,8-14H2,(H,25,32)(H,26,29)(H,27,28)(H,30,31)/t17-,18-,19-/m0/s1. The lowest BCUT2D eigenvalue weighted by Crippen LogP contribution is -2.55. The first-order chi connectivity index (χ1) is 15.9. The average molecular weight is 461 g/mol. The van der Waals surface area contributed by atoms with Crippen molar-refractivity contribution < 1.29 is 29.0 Å². The number of carbonyl (C=O) groups is 4. The van der Waals surface area contributed by atoms with Crippen molar-refractivity contribution in [2.75, 3.05) is 13.1 Å². The minimum atomic E-state index is -1.16. The number of carboxylic acids is 1. The van der Waals surface area contributed by atoms with Gasteiger partial charge in [-0.2, -0.15) is 0 Å². The maximum atomic E-state index is 12.8. The van der Waals surface area contributed by atoms with Crippen LogP contribution in [0.5, 0.6) is 0 Å². The van der Waals surface area contributed by atoms with Crippen LogP contribution in [0.25, 0.3) is 0 Å². The van der Waals surface area contributed by atoms with Gasteiger partial charge in [0.25, 0.3) is 0 Å². The Bertz CT molecular complexity index is 824. The molecule has 1 aromatic carbocycles. The number of ether oxygens (including phenoxy) is 1. The van der Waals surface area contributed by atoms with Gasteiger partial charge in [-0.15, -0.1) is 0 Å². The van der Waals surface area contributed by atoms with Crippen molar-refractivity contribution in [2.45, 2.75) is 63.3 Å². The van der Waals surface area contributed by atoms with E-state index in [4.69, 9.17) is 4.74 Å². The number of benzene rings is 1. The maximum Gasteiger partial charge on any atom is 0.407 e. The van der Waals surface area contributed by atoms with Gasteiger partial charge < -0.3 is 31.1 Å². The molecule has 33 heavy (non-hydrogen) atoms. The Kier molecular flexibility index (Phi) is 9.05. The molecule has 2 fully saturated rings. The third kappa shape index (κ3) is 8.05. The normalized spacial score (nSPS) is 19.2. The largest absolute Gasteiger partial charge is 0.480 e. The molecule has 3 atom stereocenters. The first-order valence-corrected chi connectivity index (χ1v) is 11.5. The van der Waals surface area contributed by atoms with Crippen LogP contribution in [-0.4, -0.2) is 60.2 Å². The monoisotopic (exact) mass is 460 g/mol. The average Bonchev–Trinajstić information content (AvgIpc) is 3.50. The van der Waals surface area contributed by atoms with Gasteiger partial charge >= 0.3 is 12.1 Å². The third-order valence-corrected chi connectivity index (χ3v) is 5.82. The highest BCUT2D eigenvalue weighted by Gasteiger charge is 2.39. The number of hydrogen-bond donors (Lipinski definition) is 5. The van der Waals surface area contributed by atoms with E-state index >= 15 is 0 Å². The van der Waals surface area contributed by atoms with E-state index in [1.807, 2.05) is 30.3 Å². The van der Waals surface area contributed by atoms with Crippen LogP contribution in [0.4, 0.5) is 4.79 Å². The minimum Gasteiger partial charge on any atom is -0.480 e. The van der Waals surface area contributed by atoms with E-state index in [2.05, 4.69) is 21.3 Å². The highest BCUT2D eigenvalue weighted by molar-refractivity contribution is 5.92. The highest BCUT2D eigenvalue weighted by Crippen LogP contribution is 2.33. The molecule has 1 aliphatic carbocycles. The molecule has 0 bridgehead atoms. The number of aliphatic carboxylic acids is 1. The van der Waals surface area contributed by atoms with Crippen LogP contribution in [0.2, 0.25) is 0 Å². The van der Waals surface area contributed by atoms with Gasteiger partial charge in [0, 0.05) is 6.54 Å². The van der Waals surface area contributed by atoms with Crippen LogP contribution in [0.3, 0.4) is 0 Å². The van der Waals surface area contributed by atoms with E-state index in [-0.39, 0.29) is 37.4 Å². The molecule has 1 saturated heterocycles. The number of alkyl carbamates (subject to hydrolysis) is 1. The van der Waals surface area contributed by atoms with E-state index in [9.17, 15) is 24.3 Å². The number of hydrogen-bond acceptors (Lipinski definition) is 6. The van der Waals surface area contributed by atoms with Crippen molar-refractivity contribution in [3.63, 3.8) is 0 Å². The van der Waals surface area contributed by atoms with Gasteiger partial charge in [0.15, 0.2) is 0 Å². The molecule has 1 aliphatic heterocycles. The Morgan fingerprint density at radius 1 is 1.09 bits per heavy atom. The van der Waals surface area contributed by atoms with E-state index in [1.54, 1.807) is 0 Å². The van der Waals surface area contributed by atoms with Crippen LogP contribution in [-0.2, 0) is 25.7 Å². The molecular weight excluding hydrogens is 428 g/mol. The number of rotatable bonds is 12. The Balaban J connectivity index is 1.39. The fraction of sp³-hybridized carbons (Fsp3) is 0.565. The second-order valence-corrected chi connectivity index (χ2v) is 8.50. The molecule has 3 amide bonds. The van der Waals surface area contributed by atoms with Gasteiger partial charge in [0.2, 0.25) is 11.8 Å². The van der Waals surface area contributed by atoms with E-state index in [1.165, 1.54) is 0 Å². The summed E-state index contributed by atoms with van der Waals surface area (Å²) in [6, 6.07) is 7.11. The van der Waals surface area contributed by atoms with Crippen molar-refractivity contribution in [3.05, 3.63) is 35.9 Å². The summed E-state index contributed by atoms with van der Waals surface area (Å²) in [6.45, 7) is 1.13. The van der Waals surface area contributed by atoms with Gasteiger partial charge in [-0.25, -0.2) is 9.59 Å². The molecule has 0 radical (unpaired) electrons. The Morgan fingerprint density at radius 2 is 1.85 bits per heavy atom. The summed E-state index contributed by atoms with van der Waals surface area (Å²) in [7, 11) is 0. The van der Waals surface area contributed by atoms with E-state index < -0.39 is 30.1 Å². The summed E-state index contributed by atoms with van der Waals surface area (Å²) in [5.74, 6) is -1.82. The van der Waals surface area contributed by atoms with E-state index in [0.29, 0.717) is 6.42 Å². The SMILES string of the molecule is O=C(NCCC[C@H](NC(=O)[C@@H](NC(=O)[C@@H]1CCCN1)C1CC1)C(=O)O)OCc1ccccc1. The number of carbonyl (C=O) groups excluding carboxylic acids is 3. The molecule has 5 N–H and O–H groups in total. The highest BCUT2D eigenvalue weighted by atomic mass is 16.5. The lowest BCUT2D eigenvalue weighted by Gasteiger charge is -2.22. The zero-order chi connectivity index (χ0) is 23.6.